The van der Waals surface area contributed by atoms with Gasteiger partial charge in [-0.2, -0.15) is 0 Å². The van der Waals surface area contributed by atoms with Gasteiger partial charge in [-0.15, -0.1) is 11.3 Å². The van der Waals surface area contributed by atoms with E-state index < -0.39 is 5.54 Å². The first-order valence-corrected chi connectivity index (χ1v) is 6.43. The molecule has 1 aromatic heterocycles. The van der Waals surface area contributed by atoms with Crippen molar-refractivity contribution in [3.05, 3.63) is 20.8 Å². The molecule has 15 heavy (non-hydrogen) atoms. The van der Waals surface area contributed by atoms with Crippen molar-refractivity contribution in [2.75, 3.05) is 0 Å². The maximum atomic E-state index is 11.2. The first-order valence-electron chi connectivity index (χ1n) is 4.76. The minimum atomic E-state index is -0.622. The van der Waals surface area contributed by atoms with Crippen molar-refractivity contribution in [1.82, 2.24) is 5.32 Å². The molecule has 5 heteroatoms. The topological polar surface area (TPSA) is 55.1 Å². The summed E-state index contributed by atoms with van der Waals surface area (Å²) in [4.78, 5) is 12.4. The lowest BCUT2D eigenvalue weighted by Gasteiger charge is -2.25. The summed E-state index contributed by atoms with van der Waals surface area (Å²) in [7, 11) is 0. The molecule has 1 heterocycles. The summed E-state index contributed by atoms with van der Waals surface area (Å²) in [6.07, 6.45) is 0.686. The Bertz CT molecular complexity index is 353. The van der Waals surface area contributed by atoms with E-state index >= 15 is 0 Å². The molecule has 0 aromatic carbocycles. The van der Waals surface area contributed by atoms with Gasteiger partial charge in [-0.25, -0.2) is 0 Å². The molecule has 3 N–H and O–H groups in total. The number of carbonyl (C=O) groups excluding carboxylic acids is 1. The molecule has 0 aliphatic rings. The normalized spacial score (nSPS) is 14.9. The molecule has 0 saturated heterocycles. The van der Waals surface area contributed by atoms with Crippen molar-refractivity contribution >= 4 is 33.2 Å². The second-order valence-corrected chi connectivity index (χ2v) is 5.45. The smallest absolute Gasteiger partial charge is 0.237 e. The number of hydrogen-bond acceptors (Lipinski definition) is 3. The summed E-state index contributed by atoms with van der Waals surface area (Å²) >= 11 is 5.10. The summed E-state index contributed by atoms with van der Waals surface area (Å²) in [6, 6.07) is 2.00. The van der Waals surface area contributed by atoms with Crippen LogP contribution in [0.5, 0.6) is 0 Å². The van der Waals surface area contributed by atoms with E-state index in [1.54, 1.807) is 11.3 Å². The van der Waals surface area contributed by atoms with Crippen LogP contribution in [0.3, 0.4) is 0 Å². The number of nitrogens with two attached hydrogens (primary N) is 1. The van der Waals surface area contributed by atoms with E-state index in [-0.39, 0.29) is 5.91 Å². The number of hydrogen-bond donors (Lipinski definition) is 2. The quantitative estimate of drug-likeness (QED) is 0.874. The molecule has 0 unspecified atom stereocenters. The van der Waals surface area contributed by atoms with E-state index in [0.717, 1.165) is 4.47 Å². The van der Waals surface area contributed by atoms with Gasteiger partial charge in [0.2, 0.25) is 5.91 Å². The fourth-order valence-electron chi connectivity index (χ4n) is 1.11. The van der Waals surface area contributed by atoms with E-state index in [9.17, 15) is 4.79 Å². The van der Waals surface area contributed by atoms with Crippen molar-refractivity contribution in [3.63, 3.8) is 0 Å². The molecule has 0 fully saturated rings. The molecule has 0 saturated carbocycles. The maximum Gasteiger partial charge on any atom is 0.237 e. The third kappa shape index (κ3) is 3.03. The van der Waals surface area contributed by atoms with Crippen molar-refractivity contribution < 1.29 is 4.79 Å². The summed E-state index contributed by atoms with van der Waals surface area (Å²) in [5.74, 6) is -0.308. The van der Waals surface area contributed by atoms with E-state index in [0.29, 0.717) is 13.0 Å². The predicted molar refractivity (Wildman–Crippen MR) is 66.7 cm³/mol. The van der Waals surface area contributed by atoms with Crippen LogP contribution < -0.4 is 11.1 Å². The molecule has 0 bridgehead atoms. The van der Waals surface area contributed by atoms with E-state index in [1.165, 1.54) is 4.88 Å². The fourth-order valence-corrected chi connectivity index (χ4v) is 2.55. The summed E-state index contributed by atoms with van der Waals surface area (Å²) in [5.41, 5.74) is 4.73. The molecule has 0 spiro atoms. The Morgan fingerprint density at radius 3 is 2.80 bits per heavy atom. The largest absolute Gasteiger partial charge is 0.368 e. The molecule has 0 aliphatic heterocycles. The number of nitrogens with one attached hydrogen (secondary N) is 1. The van der Waals surface area contributed by atoms with Crippen molar-refractivity contribution in [3.8, 4) is 0 Å². The molecular weight excluding hydrogens is 276 g/mol. The zero-order chi connectivity index (χ0) is 11.5. The summed E-state index contributed by atoms with van der Waals surface area (Å²) in [6.45, 7) is 4.43. The minimum Gasteiger partial charge on any atom is -0.368 e. The van der Waals surface area contributed by atoms with Gasteiger partial charge in [0.05, 0.1) is 5.54 Å². The lowest BCUT2D eigenvalue weighted by Crippen LogP contribution is -2.52. The summed E-state index contributed by atoms with van der Waals surface area (Å²) < 4.78 is 1.07. The van der Waals surface area contributed by atoms with E-state index in [1.807, 2.05) is 25.3 Å². The van der Waals surface area contributed by atoms with Crippen molar-refractivity contribution in [2.45, 2.75) is 32.4 Å². The predicted octanol–water partition coefficient (Wildman–Crippen LogP) is 2.25. The maximum absolute atomic E-state index is 11.2. The number of rotatable bonds is 5. The molecule has 0 aliphatic carbocycles. The average molecular weight is 291 g/mol. The monoisotopic (exact) mass is 290 g/mol. The van der Waals surface area contributed by atoms with Crippen molar-refractivity contribution in [2.24, 2.45) is 5.73 Å². The van der Waals surface area contributed by atoms with Gasteiger partial charge in [-0.3, -0.25) is 10.1 Å². The number of thiophene rings is 1. The highest BCUT2D eigenvalue weighted by atomic mass is 79.9. The number of carbonyl (C=O) groups is 1. The molecule has 3 nitrogen and oxygen atoms in total. The molecular formula is C10H15BrN2OS. The van der Waals surface area contributed by atoms with Crippen LogP contribution in [0.4, 0.5) is 0 Å². The van der Waals surface area contributed by atoms with E-state index in [4.69, 9.17) is 5.73 Å². The Morgan fingerprint density at radius 2 is 2.40 bits per heavy atom. The first kappa shape index (κ1) is 12.7. The van der Waals surface area contributed by atoms with Crippen LogP contribution >= 0.6 is 27.3 Å². The number of amides is 1. The molecule has 1 rings (SSSR count). The van der Waals surface area contributed by atoms with Gasteiger partial charge in [-0.05, 0) is 40.7 Å². The second-order valence-electron chi connectivity index (χ2n) is 3.60. The van der Waals surface area contributed by atoms with Crippen molar-refractivity contribution in [1.29, 1.82) is 0 Å². The third-order valence-electron chi connectivity index (χ3n) is 2.58. The van der Waals surface area contributed by atoms with Gasteiger partial charge in [0.1, 0.15) is 0 Å². The van der Waals surface area contributed by atoms with Gasteiger partial charge >= 0.3 is 0 Å². The molecule has 1 aromatic rings. The van der Waals surface area contributed by atoms with Gasteiger partial charge in [0.25, 0.3) is 0 Å². The highest BCUT2D eigenvalue weighted by molar-refractivity contribution is 9.10. The minimum absolute atomic E-state index is 0.308. The van der Waals surface area contributed by atoms with Gasteiger partial charge in [0, 0.05) is 15.9 Å². The Hall–Kier alpha value is -0.390. The zero-order valence-corrected chi connectivity index (χ0v) is 11.2. The van der Waals surface area contributed by atoms with Crippen LogP contribution in [0.1, 0.15) is 25.1 Å². The summed E-state index contributed by atoms with van der Waals surface area (Å²) in [5, 5.41) is 5.20. The SMILES string of the molecule is CC[C@](C)(NCc1sccc1Br)C(N)=O. The molecule has 84 valence electrons. The average Bonchev–Trinajstić information content (AvgIpc) is 2.60. The van der Waals surface area contributed by atoms with Gasteiger partial charge < -0.3 is 5.73 Å². The first-order chi connectivity index (χ1) is 6.99. The fraction of sp³-hybridized carbons (Fsp3) is 0.500. The lowest BCUT2D eigenvalue weighted by atomic mass is 9.98. The number of primary amides is 1. The van der Waals surface area contributed by atoms with E-state index in [2.05, 4.69) is 21.2 Å². The van der Waals surface area contributed by atoms with Crippen LogP contribution in [-0.4, -0.2) is 11.4 Å². The highest BCUT2D eigenvalue weighted by Gasteiger charge is 2.28. The Labute approximate surface area is 102 Å². The zero-order valence-electron chi connectivity index (χ0n) is 8.84. The highest BCUT2D eigenvalue weighted by Crippen LogP contribution is 2.23. The standard InChI is InChI=1S/C10H15BrN2OS/c1-3-10(2,9(12)14)13-6-8-7(11)4-5-15-8/h4-5,13H,3,6H2,1-2H3,(H2,12,14)/t10-/m0/s1. The number of halogens is 1. The van der Waals surface area contributed by atoms with Gasteiger partial charge in [0.15, 0.2) is 0 Å². The lowest BCUT2D eigenvalue weighted by molar-refractivity contribution is -0.124. The van der Waals surface area contributed by atoms with Crippen LogP contribution in [-0.2, 0) is 11.3 Å². The Kier molecular flexibility index (Phi) is 4.31. The molecule has 1 atom stereocenters. The van der Waals surface area contributed by atoms with Gasteiger partial charge in [-0.1, -0.05) is 6.92 Å². The Balaban J connectivity index is 2.63. The van der Waals surface area contributed by atoms with Crippen LogP contribution in [0.2, 0.25) is 0 Å². The molecule has 1 amide bonds. The molecule has 0 radical (unpaired) electrons. The second kappa shape index (κ2) is 5.09. The van der Waals surface area contributed by atoms with Crippen LogP contribution in [0, 0.1) is 0 Å². The van der Waals surface area contributed by atoms with Crippen LogP contribution in [0.25, 0.3) is 0 Å². The van der Waals surface area contributed by atoms with Crippen LogP contribution in [0.15, 0.2) is 15.9 Å². The Morgan fingerprint density at radius 1 is 1.73 bits per heavy atom. The third-order valence-corrected chi connectivity index (χ3v) is 4.51.